The van der Waals surface area contributed by atoms with Crippen molar-refractivity contribution in [1.29, 1.82) is 0 Å². The summed E-state index contributed by atoms with van der Waals surface area (Å²) in [5.41, 5.74) is 0. The lowest BCUT2D eigenvalue weighted by Gasteiger charge is -2.01. The average molecular weight is 611 g/mol. The van der Waals surface area contributed by atoms with Crippen LogP contribution >= 0.6 is 45.3 Å². The highest BCUT2D eigenvalue weighted by Gasteiger charge is 2.12. The van der Waals surface area contributed by atoms with E-state index in [2.05, 4.69) is 61.7 Å². The molecule has 0 radical (unpaired) electrons. The second kappa shape index (κ2) is 15.9. The van der Waals surface area contributed by atoms with Gasteiger partial charge in [-0.1, -0.05) is 13.2 Å². The molecular formula is C32H34O4S4. The van der Waals surface area contributed by atoms with Crippen molar-refractivity contribution in [1.82, 2.24) is 0 Å². The van der Waals surface area contributed by atoms with E-state index in [-0.39, 0.29) is 11.9 Å². The van der Waals surface area contributed by atoms with Crippen LogP contribution < -0.4 is 0 Å². The summed E-state index contributed by atoms with van der Waals surface area (Å²) in [6, 6.07) is 17.9. The van der Waals surface area contributed by atoms with Crippen LogP contribution in [0, 0.1) is 0 Å². The number of rotatable bonds is 17. The molecule has 210 valence electrons. The van der Waals surface area contributed by atoms with Gasteiger partial charge >= 0.3 is 11.9 Å². The van der Waals surface area contributed by atoms with Gasteiger partial charge in [0.2, 0.25) is 0 Å². The van der Waals surface area contributed by atoms with Gasteiger partial charge in [0.1, 0.15) is 0 Å². The van der Waals surface area contributed by atoms with E-state index >= 15 is 0 Å². The minimum atomic E-state index is -0.344. The third-order valence-electron chi connectivity index (χ3n) is 6.22. The summed E-state index contributed by atoms with van der Waals surface area (Å²) in [6.45, 7) is 7.76. The van der Waals surface area contributed by atoms with Gasteiger partial charge in [-0.05, 0) is 99.9 Å². The number of hydrogen-bond donors (Lipinski definition) is 0. The lowest BCUT2D eigenvalue weighted by Crippen LogP contribution is -2.01. The summed E-state index contributed by atoms with van der Waals surface area (Å²) in [5, 5.41) is 0. The first-order chi connectivity index (χ1) is 19.6. The second-order valence-electron chi connectivity index (χ2n) is 9.22. The molecule has 0 aliphatic carbocycles. The summed E-state index contributed by atoms with van der Waals surface area (Å²) in [7, 11) is 0. The molecule has 0 aromatic carbocycles. The van der Waals surface area contributed by atoms with E-state index in [0.717, 1.165) is 51.4 Å². The van der Waals surface area contributed by atoms with Gasteiger partial charge in [0.05, 0.1) is 13.2 Å². The molecule has 4 heterocycles. The molecule has 0 amide bonds. The highest BCUT2D eigenvalue weighted by atomic mass is 32.1. The van der Waals surface area contributed by atoms with E-state index in [0.29, 0.717) is 13.2 Å². The number of carbonyl (C=O) groups is 2. The van der Waals surface area contributed by atoms with Crippen molar-refractivity contribution in [3.8, 4) is 29.3 Å². The molecule has 0 fully saturated rings. The molecule has 0 saturated heterocycles. The Bertz CT molecular complexity index is 1300. The topological polar surface area (TPSA) is 52.6 Å². The largest absolute Gasteiger partial charge is 0.463 e. The molecule has 8 heteroatoms. The van der Waals surface area contributed by atoms with E-state index < -0.39 is 0 Å². The van der Waals surface area contributed by atoms with E-state index in [9.17, 15) is 9.59 Å². The number of thiophene rings is 4. The maximum atomic E-state index is 11.1. The molecule has 4 rings (SSSR count). The Labute approximate surface area is 252 Å². The molecule has 4 nitrogen and oxygen atoms in total. The van der Waals surface area contributed by atoms with Gasteiger partial charge < -0.3 is 9.47 Å². The molecule has 0 aliphatic rings. The molecule has 0 N–H and O–H groups in total. The zero-order chi connectivity index (χ0) is 28.2. The highest BCUT2D eigenvalue weighted by Crippen LogP contribution is 2.43. The Kier molecular flexibility index (Phi) is 12.0. The van der Waals surface area contributed by atoms with Crippen LogP contribution in [0.4, 0.5) is 0 Å². The van der Waals surface area contributed by atoms with Crippen molar-refractivity contribution < 1.29 is 19.1 Å². The number of unbranched alkanes of at least 4 members (excludes halogenated alkanes) is 4. The predicted octanol–water partition coefficient (Wildman–Crippen LogP) is 9.82. The molecule has 0 bridgehead atoms. The first-order valence-corrected chi connectivity index (χ1v) is 16.8. The van der Waals surface area contributed by atoms with Crippen molar-refractivity contribution >= 4 is 57.3 Å². The fourth-order valence-electron chi connectivity index (χ4n) is 4.11. The molecular weight excluding hydrogens is 577 g/mol. The van der Waals surface area contributed by atoms with Crippen LogP contribution in [0.5, 0.6) is 0 Å². The Morgan fingerprint density at radius 2 is 0.875 bits per heavy atom. The molecule has 4 aromatic heterocycles. The average Bonchev–Trinajstić information content (AvgIpc) is 3.78. The molecule has 0 unspecified atom stereocenters. The first-order valence-electron chi connectivity index (χ1n) is 13.5. The maximum absolute atomic E-state index is 11.1. The number of ether oxygens (including phenoxy) is 2. The lowest BCUT2D eigenvalue weighted by atomic mass is 10.2. The lowest BCUT2D eigenvalue weighted by molar-refractivity contribution is -0.138. The Balaban J connectivity index is 1.23. The van der Waals surface area contributed by atoms with Crippen LogP contribution in [-0.4, -0.2) is 25.2 Å². The molecule has 0 aliphatic heterocycles. The Morgan fingerprint density at radius 3 is 1.25 bits per heavy atom. The SMILES string of the molecule is C=CC(=O)OCCCCCc1ccc(-c2ccc(-c3ccc(-c4ccc(CCCCCOC(=O)C=C)s4)s3)s2)s1. The molecule has 4 aromatic rings. The minimum Gasteiger partial charge on any atom is -0.463 e. The number of carbonyl (C=O) groups excluding carboxylic acids is 2. The zero-order valence-corrected chi connectivity index (χ0v) is 25.8. The van der Waals surface area contributed by atoms with Crippen molar-refractivity contribution in [2.75, 3.05) is 13.2 Å². The quantitative estimate of drug-likeness (QED) is 0.0678. The molecule has 0 spiro atoms. The van der Waals surface area contributed by atoms with Gasteiger partial charge in [0, 0.05) is 51.2 Å². The standard InChI is InChI=1S/C32H34O4S4/c1-3-31(33)35-21-9-5-7-11-23-13-15-25(37-23)27-17-19-29(39-27)30-20-18-28(40-30)26-16-14-24(38-26)12-8-6-10-22-36-32(34)4-2/h3-4,13-20H,1-2,5-12,21-22H2. The summed E-state index contributed by atoms with van der Waals surface area (Å²) < 4.78 is 10.1. The van der Waals surface area contributed by atoms with Gasteiger partial charge in [0.25, 0.3) is 0 Å². The van der Waals surface area contributed by atoms with Gasteiger partial charge in [-0.15, -0.1) is 45.3 Å². The smallest absolute Gasteiger partial charge is 0.330 e. The van der Waals surface area contributed by atoms with Crippen molar-refractivity contribution in [3.63, 3.8) is 0 Å². The van der Waals surface area contributed by atoms with E-state index in [1.165, 1.54) is 51.2 Å². The third-order valence-corrected chi connectivity index (χ3v) is 11.3. The van der Waals surface area contributed by atoms with Gasteiger partial charge in [-0.25, -0.2) is 9.59 Å². The van der Waals surface area contributed by atoms with Crippen LogP contribution in [0.2, 0.25) is 0 Å². The van der Waals surface area contributed by atoms with Crippen molar-refractivity contribution in [3.05, 3.63) is 83.6 Å². The Hall–Kier alpha value is -2.78. The molecule has 40 heavy (non-hydrogen) atoms. The minimum absolute atomic E-state index is 0.344. The van der Waals surface area contributed by atoms with Crippen LogP contribution in [-0.2, 0) is 31.9 Å². The van der Waals surface area contributed by atoms with Gasteiger partial charge in [-0.3, -0.25) is 0 Å². The summed E-state index contributed by atoms with van der Waals surface area (Å²) in [5.74, 6) is -0.689. The van der Waals surface area contributed by atoms with E-state index in [4.69, 9.17) is 9.47 Å². The zero-order valence-electron chi connectivity index (χ0n) is 22.5. The normalized spacial score (nSPS) is 10.9. The van der Waals surface area contributed by atoms with Gasteiger partial charge in [-0.2, -0.15) is 0 Å². The second-order valence-corrected chi connectivity index (χ2v) is 13.7. The summed E-state index contributed by atoms with van der Waals surface area (Å²) in [6.07, 6.45) is 10.6. The molecule has 0 saturated carbocycles. The maximum Gasteiger partial charge on any atom is 0.330 e. The Morgan fingerprint density at radius 1 is 0.525 bits per heavy atom. The van der Waals surface area contributed by atoms with Crippen LogP contribution in [0.15, 0.2) is 73.8 Å². The van der Waals surface area contributed by atoms with E-state index in [1.54, 1.807) is 0 Å². The van der Waals surface area contributed by atoms with Crippen molar-refractivity contribution in [2.24, 2.45) is 0 Å². The number of aryl methyl sites for hydroxylation is 2. The van der Waals surface area contributed by atoms with Crippen LogP contribution in [0.1, 0.15) is 48.3 Å². The third kappa shape index (κ3) is 9.13. The van der Waals surface area contributed by atoms with Crippen LogP contribution in [0.25, 0.3) is 29.3 Å². The van der Waals surface area contributed by atoms with E-state index in [1.807, 2.05) is 45.3 Å². The summed E-state index contributed by atoms with van der Waals surface area (Å²) >= 11 is 7.47. The summed E-state index contributed by atoms with van der Waals surface area (Å²) in [4.78, 5) is 32.9. The fraction of sp³-hybridized carbons (Fsp3) is 0.312. The number of esters is 2. The fourth-order valence-corrected chi connectivity index (χ4v) is 8.50. The first kappa shape index (κ1) is 30.2. The highest BCUT2D eigenvalue weighted by molar-refractivity contribution is 7.28. The monoisotopic (exact) mass is 610 g/mol. The van der Waals surface area contributed by atoms with Gasteiger partial charge in [0.15, 0.2) is 0 Å². The predicted molar refractivity (Wildman–Crippen MR) is 172 cm³/mol. The number of hydrogen-bond acceptors (Lipinski definition) is 8. The van der Waals surface area contributed by atoms with Crippen molar-refractivity contribution in [2.45, 2.75) is 51.4 Å². The van der Waals surface area contributed by atoms with Crippen LogP contribution in [0.3, 0.4) is 0 Å². The molecule has 0 atom stereocenters.